The van der Waals surface area contributed by atoms with Gasteiger partial charge in [-0.05, 0) is 41.5 Å². The largest absolute Gasteiger partial charge is 0.489 e. The number of nitrogens with zero attached hydrogens (tertiary/aromatic N) is 1. The lowest BCUT2D eigenvalue weighted by Gasteiger charge is -2.06. The first-order chi connectivity index (χ1) is 10.1. The van der Waals surface area contributed by atoms with Gasteiger partial charge in [0.2, 0.25) is 0 Å². The van der Waals surface area contributed by atoms with Gasteiger partial charge in [0.15, 0.2) is 5.11 Å². The number of halogens is 1. The van der Waals surface area contributed by atoms with Crippen LogP contribution in [0.4, 0.5) is 4.39 Å². The van der Waals surface area contributed by atoms with Crippen LogP contribution in [-0.2, 0) is 6.61 Å². The van der Waals surface area contributed by atoms with Crippen LogP contribution in [0.3, 0.4) is 0 Å². The third-order valence-electron chi connectivity index (χ3n) is 2.54. The summed E-state index contributed by atoms with van der Waals surface area (Å²) >= 11 is 4.65. The van der Waals surface area contributed by atoms with Crippen molar-refractivity contribution in [2.24, 2.45) is 10.8 Å². The van der Waals surface area contributed by atoms with Crippen LogP contribution in [0.2, 0.25) is 0 Å². The van der Waals surface area contributed by atoms with Crippen LogP contribution in [0.15, 0.2) is 53.6 Å². The Hall–Kier alpha value is -2.47. The molecule has 3 N–H and O–H groups in total. The molecular weight excluding hydrogens is 289 g/mol. The Bertz CT molecular complexity index is 661. The zero-order chi connectivity index (χ0) is 15.1. The number of thiocarbonyl (C=S) groups is 1. The van der Waals surface area contributed by atoms with Crippen molar-refractivity contribution in [3.8, 4) is 5.75 Å². The lowest BCUT2D eigenvalue weighted by Crippen LogP contribution is -2.23. The summed E-state index contributed by atoms with van der Waals surface area (Å²) in [4.78, 5) is 0. The molecule has 0 saturated heterocycles. The summed E-state index contributed by atoms with van der Waals surface area (Å²) in [5.74, 6) is 0.168. The molecule has 0 saturated carbocycles. The number of nitrogens with one attached hydrogen (secondary N) is 1. The zero-order valence-corrected chi connectivity index (χ0v) is 11.9. The van der Waals surface area contributed by atoms with E-state index in [4.69, 9.17) is 10.5 Å². The summed E-state index contributed by atoms with van der Waals surface area (Å²) in [6.45, 7) is 0.341. The van der Waals surface area contributed by atoms with Gasteiger partial charge in [-0.15, -0.1) is 0 Å². The van der Waals surface area contributed by atoms with E-state index >= 15 is 0 Å². The van der Waals surface area contributed by atoms with Crippen LogP contribution in [-0.4, -0.2) is 11.3 Å². The molecule has 2 aromatic rings. The van der Waals surface area contributed by atoms with Crippen molar-refractivity contribution in [1.82, 2.24) is 5.43 Å². The van der Waals surface area contributed by atoms with Gasteiger partial charge in [-0.25, -0.2) is 4.39 Å². The lowest BCUT2D eigenvalue weighted by molar-refractivity contribution is 0.304. The fraction of sp³-hybridized carbons (Fsp3) is 0.0667. The highest BCUT2D eigenvalue weighted by Crippen LogP contribution is 2.14. The molecule has 0 spiro atoms. The molecule has 0 heterocycles. The normalized spacial score (nSPS) is 10.5. The van der Waals surface area contributed by atoms with E-state index in [2.05, 4.69) is 22.7 Å². The molecule has 108 valence electrons. The highest BCUT2D eigenvalue weighted by atomic mass is 32.1. The second-order valence-corrected chi connectivity index (χ2v) is 4.67. The Morgan fingerprint density at radius 2 is 2.10 bits per heavy atom. The summed E-state index contributed by atoms with van der Waals surface area (Å²) in [5.41, 5.74) is 9.57. The molecule has 2 aromatic carbocycles. The molecule has 21 heavy (non-hydrogen) atoms. The van der Waals surface area contributed by atoms with Gasteiger partial charge in [0.05, 0.1) is 6.21 Å². The lowest BCUT2D eigenvalue weighted by atomic mass is 10.1. The third-order valence-corrected chi connectivity index (χ3v) is 2.63. The van der Waals surface area contributed by atoms with E-state index in [-0.39, 0.29) is 10.9 Å². The number of hydrazone groups is 1. The van der Waals surface area contributed by atoms with Gasteiger partial charge in [0.25, 0.3) is 0 Å². The number of nitrogens with two attached hydrogens (primary N) is 1. The van der Waals surface area contributed by atoms with Crippen molar-refractivity contribution in [2.75, 3.05) is 0 Å². The van der Waals surface area contributed by atoms with Crippen molar-refractivity contribution < 1.29 is 9.13 Å². The summed E-state index contributed by atoms with van der Waals surface area (Å²) < 4.78 is 18.6. The third kappa shape index (κ3) is 5.19. The van der Waals surface area contributed by atoms with Gasteiger partial charge in [-0.1, -0.05) is 24.3 Å². The summed E-state index contributed by atoms with van der Waals surface area (Å²) in [5, 5.41) is 3.99. The van der Waals surface area contributed by atoms with E-state index < -0.39 is 0 Å². The molecule has 0 unspecified atom stereocenters. The Kier molecular flexibility index (Phi) is 5.22. The summed E-state index contributed by atoms with van der Waals surface area (Å²) in [6, 6.07) is 13.6. The monoisotopic (exact) mass is 303 g/mol. The first-order valence-corrected chi connectivity index (χ1v) is 6.60. The molecule has 0 amide bonds. The number of hydrogen-bond donors (Lipinski definition) is 2. The smallest absolute Gasteiger partial charge is 0.184 e. The van der Waals surface area contributed by atoms with E-state index in [0.717, 1.165) is 11.1 Å². The van der Waals surface area contributed by atoms with E-state index in [0.29, 0.717) is 12.4 Å². The van der Waals surface area contributed by atoms with Crippen LogP contribution in [0.1, 0.15) is 11.1 Å². The van der Waals surface area contributed by atoms with Crippen LogP contribution in [0.25, 0.3) is 0 Å². The van der Waals surface area contributed by atoms with Crippen molar-refractivity contribution in [3.05, 3.63) is 65.5 Å². The Balaban J connectivity index is 1.97. The topological polar surface area (TPSA) is 59.6 Å². The van der Waals surface area contributed by atoms with E-state index in [1.807, 2.05) is 24.3 Å². The fourth-order valence-electron chi connectivity index (χ4n) is 1.66. The van der Waals surface area contributed by atoms with Crippen molar-refractivity contribution in [3.63, 3.8) is 0 Å². The molecule has 2 rings (SSSR count). The predicted octanol–water partition coefficient (Wildman–Crippen LogP) is 2.57. The van der Waals surface area contributed by atoms with Crippen molar-refractivity contribution >= 4 is 23.5 Å². The summed E-state index contributed by atoms with van der Waals surface area (Å²) in [6.07, 6.45) is 1.60. The van der Waals surface area contributed by atoms with Crippen molar-refractivity contribution in [2.45, 2.75) is 6.61 Å². The number of benzene rings is 2. The molecule has 0 aliphatic heterocycles. The standard InChI is InChI=1S/C15H14FN3OS/c16-13-5-2-6-14(8-13)20-10-12-4-1-3-11(7-12)9-18-19-15(17)21/h1-9H,10H2,(H3,17,19,21). The SMILES string of the molecule is NC(=S)NN=Cc1cccc(COc2cccc(F)c2)c1. The Labute approximate surface area is 127 Å². The van der Waals surface area contributed by atoms with E-state index in [9.17, 15) is 4.39 Å². The molecule has 4 nitrogen and oxygen atoms in total. The van der Waals surface area contributed by atoms with Crippen LogP contribution < -0.4 is 15.9 Å². The average Bonchev–Trinajstić information content (AvgIpc) is 2.45. The maximum absolute atomic E-state index is 13.0. The Morgan fingerprint density at radius 3 is 2.86 bits per heavy atom. The minimum Gasteiger partial charge on any atom is -0.489 e. The minimum atomic E-state index is -0.322. The molecule has 0 fully saturated rings. The van der Waals surface area contributed by atoms with Gasteiger partial charge in [0, 0.05) is 6.07 Å². The number of hydrogen-bond acceptors (Lipinski definition) is 3. The van der Waals surface area contributed by atoms with Gasteiger partial charge >= 0.3 is 0 Å². The maximum atomic E-state index is 13.0. The predicted molar refractivity (Wildman–Crippen MR) is 84.7 cm³/mol. The summed E-state index contributed by atoms with van der Waals surface area (Å²) in [7, 11) is 0. The molecule has 0 aromatic heterocycles. The van der Waals surface area contributed by atoms with Crippen LogP contribution in [0.5, 0.6) is 5.75 Å². The highest BCUT2D eigenvalue weighted by Gasteiger charge is 1.98. The van der Waals surface area contributed by atoms with Gasteiger partial charge in [-0.3, -0.25) is 5.43 Å². The molecular formula is C15H14FN3OS. The quantitative estimate of drug-likeness (QED) is 0.506. The number of ether oxygens (including phenoxy) is 1. The molecule has 0 bridgehead atoms. The number of rotatable bonds is 5. The molecule has 0 atom stereocenters. The van der Waals surface area contributed by atoms with Crippen molar-refractivity contribution in [1.29, 1.82) is 0 Å². The highest BCUT2D eigenvalue weighted by molar-refractivity contribution is 7.80. The minimum absolute atomic E-state index is 0.108. The van der Waals surface area contributed by atoms with E-state index in [1.54, 1.807) is 18.3 Å². The van der Waals surface area contributed by atoms with Gasteiger partial charge in [0.1, 0.15) is 18.2 Å². The van der Waals surface area contributed by atoms with Crippen LogP contribution in [0, 0.1) is 5.82 Å². The molecule has 0 aliphatic rings. The molecule has 0 aliphatic carbocycles. The first-order valence-electron chi connectivity index (χ1n) is 6.19. The second-order valence-electron chi connectivity index (χ2n) is 4.23. The first kappa shape index (κ1) is 14.9. The van der Waals surface area contributed by atoms with Gasteiger partial charge < -0.3 is 10.5 Å². The van der Waals surface area contributed by atoms with E-state index in [1.165, 1.54) is 12.1 Å². The molecule has 0 radical (unpaired) electrons. The maximum Gasteiger partial charge on any atom is 0.184 e. The fourth-order valence-corrected chi connectivity index (χ4v) is 1.71. The van der Waals surface area contributed by atoms with Gasteiger partial charge in [-0.2, -0.15) is 5.10 Å². The molecule has 6 heteroatoms. The second kappa shape index (κ2) is 7.35. The zero-order valence-electron chi connectivity index (χ0n) is 11.1. The van der Waals surface area contributed by atoms with Crippen LogP contribution >= 0.6 is 12.2 Å². The average molecular weight is 303 g/mol. The Morgan fingerprint density at radius 1 is 1.29 bits per heavy atom.